The van der Waals surface area contributed by atoms with Crippen LogP contribution in [0.4, 0.5) is 24.5 Å². The first-order valence-electron chi connectivity index (χ1n) is 7.43. The number of nitrogens with zero attached hydrogens (tertiary/aromatic N) is 3. The van der Waals surface area contributed by atoms with Crippen molar-refractivity contribution in [2.75, 3.05) is 32.1 Å². The van der Waals surface area contributed by atoms with Crippen LogP contribution in [-0.4, -0.2) is 49.1 Å². The van der Waals surface area contributed by atoms with Gasteiger partial charge in [-0.25, -0.2) is 0 Å². The molecule has 1 saturated heterocycles. The molecule has 0 aliphatic carbocycles. The summed E-state index contributed by atoms with van der Waals surface area (Å²) in [5, 5.41) is 10.9. The number of carbonyl (C=O) groups is 1. The number of alkyl halides is 3. The van der Waals surface area contributed by atoms with Gasteiger partial charge in [0.25, 0.3) is 11.6 Å². The van der Waals surface area contributed by atoms with Gasteiger partial charge in [0.2, 0.25) is 0 Å². The fourth-order valence-electron chi connectivity index (χ4n) is 2.80. The van der Waals surface area contributed by atoms with E-state index in [1.54, 1.807) is 19.0 Å². The van der Waals surface area contributed by atoms with Crippen LogP contribution in [0, 0.1) is 16.0 Å². The summed E-state index contributed by atoms with van der Waals surface area (Å²) in [6.45, 7) is -0.209. The minimum atomic E-state index is -4.36. The maximum absolute atomic E-state index is 12.9. The number of anilines is 1. The molecule has 1 aliphatic heterocycles. The Hall–Kier alpha value is -2.32. The zero-order valence-electron chi connectivity index (χ0n) is 13.3. The summed E-state index contributed by atoms with van der Waals surface area (Å²) >= 11 is 0. The molecule has 9 heteroatoms. The van der Waals surface area contributed by atoms with Gasteiger partial charge >= 0.3 is 6.18 Å². The monoisotopic (exact) mass is 345 g/mol. The van der Waals surface area contributed by atoms with Crippen molar-refractivity contribution in [2.45, 2.75) is 19.0 Å². The number of hydrogen-bond acceptors (Lipinski definition) is 4. The molecule has 0 radical (unpaired) electrons. The average molecular weight is 345 g/mol. The van der Waals surface area contributed by atoms with E-state index in [0.29, 0.717) is 5.69 Å². The van der Waals surface area contributed by atoms with Crippen LogP contribution in [0.5, 0.6) is 0 Å². The minimum absolute atomic E-state index is 0.0112. The summed E-state index contributed by atoms with van der Waals surface area (Å²) in [6, 6.07) is 3.81. The molecular formula is C15H18F3N3O3. The molecular weight excluding hydrogens is 327 g/mol. The number of amides is 1. The molecule has 1 atom stereocenters. The first kappa shape index (κ1) is 18.0. The Balaban J connectivity index is 2.34. The summed E-state index contributed by atoms with van der Waals surface area (Å²) in [6.07, 6.45) is -4.11. The molecule has 24 heavy (non-hydrogen) atoms. The molecule has 132 valence electrons. The molecule has 1 aromatic carbocycles. The zero-order chi connectivity index (χ0) is 18.1. The Bertz CT molecular complexity index is 647. The standard InChI is InChI=1S/C15H18F3N3O3/c1-19(2)13-6-5-11(21(23)24)8-12(13)14(22)20-7-3-4-10(9-20)15(16,17)18/h5-6,8,10H,3-4,7,9H2,1-2H3. The quantitative estimate of drug-likeness (QED) is 0.624. The molecule has 0 bridgehead atoms. The maximum atomic E-state index is 12.9. The highest BCUT2D eigenvalue weighted by Crippen LogP contribution is 2.34. The molecule has 6 nitrogen and oxygen atoms in total. The summed E-state index contributed by atoms with van der Waals surface area (Å²) in [5.74, 6) is -2.17. The molecule has 0 N–H and O–H groups in total. The second-order valence-corrected chi connectivity index (χ2v) is 5.98. The highest BCUT2D eigenvalue weighted by atomic mass is 19.4. The van der Waals surface area contributed by atoms with E-state index in [2.05, 4.69) is 0 Å². The lowest BCUT2D eigenvalue weighted by atomic mass is 9.96. The summed E-state index contributed by atoms with van der Waals surface area (Å²) in [4.78, 5) is 25.7. The fourth-order valence-corrected chi connectivity index (χ4v) is 2.80. The highest BCUT2D eigenvalue weighted by Gasteiger charge is 2.43. The van der Waals surface area contributed by atoms with Crippen LogP contribution >= 0.6 is 0 Å². The first-order valence-corrected chi connectivity index (χ1v) is 7.43. The number of benzene rings is 1. The molecule has 0 saturated carbocycles. The zero-order valence-corrected chi connectivity index (χ0v) is 13.3. The van der Waals surface area contributed by atoms with Gasteiger partial charge in [0.15, 0.2) is 0 Å². The van der Waals surface area contributed by atoms with Crippen molar-refractivity contribution in [3.8, 4) is 0 Å². The third-order valence-electron chi connectivity index (χ3n) is 4.07. The smallest absolute Gasteiger partial charge is 0.377 e. The van der Waals surface area contributed by atoms with Gasteiger partial charge in [-0.2, -0.15) is 13.2 Å². The molecule has 1 unspecified atom stereocenters. The van der Waals surface area contributed by atoms with Crippen molar-refractivity contribution in [3.05, 3.63) is 33.9 Å². The Morgan fingerprint density at radius 2 is 2.04 bits per heavy atom. The van der Waals surface area contributed by atoms with Crippen LogP contribution in [0.15, 0.2) is 18.2 Å². The van der Waals surface area contributed by atoms with Crippen LogP contribution < -0.4 is 4.90 Å². The van der Waals surface area contributed by atoms with Gasteiger partial charge in [-0.15, -0.1) is 0 Å². The van der Waals surface area contributed by atoms with Crippen LogP contribution in [0.1, 0.15) is 23.2 Å². The topological polar surface area (TPSA) is 66.7 Å². The van der Waals surface area contributed by atoms with Crippen molar-refractivity contribution in [3.63, 3.8) is 0 Å². The minimum Gasteiger partial charge on any atom is -0.377 e. The first-order chi connectivity index (χ1) is 11.1. The number of non-ortho nitro benzene ring substituents is 1. The summed E-state index contributed by atoms with van der Waals surface area (Å²) in [5.41, 5.74) is 0.199. The van der Waals surface area contributed by atoms with E-state index in [4.69, 9.17) is 0 Å². The Labute approximate surface area is 137 Å². The van der Waals surface area contributed by atoms with E-state index in [1.807, 2.05) is 0 Å². The third-order valence-corrected chi connectivity index (χ3v) is 4.07. The predicted molar refractivity (Wildman–Crippen MR) is 82.1 cm³/mol. The molecule has 1 aliphatic rings. The normalized spacial score (nSPS) is 18.4. The van der Waals surface area contributed by atoms with Crippen molar-refractivity contribution >= 4 is 17.3 Å². The maximum Gasteiger partial charge on any atom is 0.393 e. The van der Waals surface area contributed by atoms with Crippen LogP contribution in [0.25, 0.3) is 0 Å². The lowest BCUT2D eigenvalue weighted by molar-refractivity contribution is -0.384. The van der Waals surface area contributed by atoms with Crippen LogP contribution in [0.3, 0.4) is 0 Å². The molecule has 1 fully saturated rings. The van der Waals surface area contributed by atoms with Gasteiger partial charge in [-0.05, 0) is 18.9 Å². The van der Waals surface area contributed by atoms with E-state index in [1.165, 1.54) is 12.1 Å². The van der Waals surface area contributed by atoms with Crippen LogP contribution in [0.2, 0.25) is 0 Å². The SMILES string of the molecule is CN(C)c1ccc([N+](=O)[O-])cc1C(=O)N1CCCC(C(F)(F)F)C1. The molecule has 1 amide bonds. The second kappa shape index (κ2) is 6.66. The largest absolute Gasteiger partial charge is 0.393 e. The van der Waals surface area contributed by atoms with E-state index in [0.717, 1.165) is 11.0 Å². The lowest BCUT2D eigenvalue weighted by Crippen LogP contribution is -2.44. The van der Waals surface area contributed by atoms with Gasteiger partial charge in [-0.1, -0.05) is 0 Å². The van der Waals surface area contributed by atoms with Gasteiger partial charge in [0.1, 0.15) is 0 Å². The number of rotatable bonds is 3. The van der Waals surface area contributed by atoms with Gasteiger partial charge in [0.05, 0.1) is 16.4 Å². The average Bonchev–Trinajstić information content (AvgIpc) is 2.52. The predicted octanol–water partition coefficient (Wildman–Crippen LogP) is 3.08. The number of piperidine rings is 1. The molecule has 0 aromatic heterocycles. The van der Waals surface area contributed by atoms with Gasteiger partial charge in [-0.3, -0.25) is 14.9 Å². The number of nitro groups is 1. The van der Waals surface area contributed by atoms with E-state index in [9.17, 15) is 28.1 Å². The number of nitro benzene ring substituents is 1. The van der Waals surface area contributed by atoms with Crippen molar-refractivity contribution in [2.24, 2.45) is 5.92 Å². The highest BCUT2D eigenvalue weighted by molar-refractivity contribution is 6.00. The van der Waals surface area contributed by atoms with Crippen molar-refractivity contribution in [1.82, 2.24) is 4.90 Å². The van der Waals surface area contributed by atoms with Gasteiger partial charge < -0.3 is 9.80 Å². The molecule has 2 rings (SSSR count). The second-order valence-electron chi connectivity index (χ2n) is 5.98. The van der Waals surface area contributed by atoms with Gasteiger partial charge in [0, 0.05) is 45.0 Å². The number of halogens is 3. The summed E-state index contributed by atoms with van der Waals surface area (Å²) < 4.78 is 38.8. The van der Waals surface area contributed by atoms with E-state index >= 15 is 0 Å². The molecule has 0 spiro atoms. The Morgan fingerprint density at radius 3 is 2.58 bits per heavy atom. The van der Waals surface area contributed by atoms with Crippen molar-refractivity contribution < 1.29 is 22.9 Å². The van der Waals surface area contributed by atoms with E-state index < -0.39 is 29.5 Å². The molecule has 1 heterocycles. The third kappa shape index (κ3) is 3.77. The van der Waals surface area contributed by atoms with E-state index in [-0.39, 0.29) is 30.6 Å². The van der Waals surface area contributed by atoms with Crippen molar-refractivity contribution in [1.29, 1.82) is 0 Å². The lowest BCUT2D eigenvalue weighted by Gasteiger charge is -2.34. The number of carbonyl (C=O) groups excluding carboxylic acids is 1. The van der Waals surface area contributed by atoms with Crippen LogP contribution in [-0.2, 0) is 0 Å². The molecule has 1 aromatic rings. The fraction of sp³-hybridized carbons (Fsp3) is 0.533. The number of hydrogen-bond donors (Lipinski definition) is 0. The Kier molecular flexibility index (Phi) is 5.00. The number of likely N-dealkylation sites (tertiary alicyclic amines) is 1. The Morgan fingerprint density at radius 1 is 1.38 bits per heavy atom. The summed E-state index contributed by atoms with van der Waals surface area (Å²) in [7, 11) is 3.32.